The standard InChI is InChI=1S/C20H24F3N5O4S/c21-20(22,23)14-2-1-3-16(12-14)27-10-8-26(9-11-27)15-4-6-28(7-5-15)33(31,32)17-13-24-19(30)25-18(17)29/h1-3,12-13,15H,4-11H2,(H2,24,25,29,30). The third kappa shape index (κ3) is 4.99. The second-order valence-electron chi connectivity index (χ2n) is 8.14. The predicted molar refractivity (Wildman–Crippen MR) is 115 cm³/mol. The van der Waals surface area contributed by atoms with Crippen LogP contribution in [0.2, 0.25) is 0 Å². The minimum atomic E-state index is -4.38. The highest BCUT2D eigenvalue weighted by Gasteiger charge is 2.35. The van der Waals surface area contributed by atoms with Gasteiger partial charge in [0.2, 0.25) is 10.0 Å². The molecule has 0 bridgehead atoms. The summed E-state index contributed by atoms with van der Waals surface area (Å²) in [4.78, 5) is 30.8. The zero-order valence-corrected chi connectivity index (χ0v) is 18.5. The third-order valence-corrected chi connectivity index (χ3v) is 8.10. The molecule has 33 heavy (non-hydrogen) atoms. The third-order valence-electron chi connectivity index (χ3n) is 6.20. The molecule has 2 fully saturated rings. The van der Waals surface area contributed by atoms with Gasteiger partial charge >= 0.3 is 11.9 Å². The van der Waals surface area contributed by atoms with Crippen molar-refractivity contribution in [2.24, 2.45) is 0 Å². The lowest BCUT2D eigenvalue weighted by Gasteiger charge is -2.43. The average molecular weight is 488 g/mol. The van der Waals surface area contributed by atoms with Crippen molar-refractivity contribution in [3.63, 3.8) is 0 Å². The van der Waals surface area contributed by atoms with Crippen LogP contribution in [-0.4, -0.2) is 72.9 Å². The zero-order chi connectivity index (χ0) is 23.8. The largest absolute Gasteiger partial charge is 0.416 e. The maximum atomic E-state index is 13.0. The number of nitrogens with one attached hydrogen (secondary N) is 2. The van der Waals surface area contributed by atoms with Crippen LogP contribution in [0.1, 0.15) is 18.4 Å². The van der Waals surface area contributed by atoms with Crippen LogP contribution in [0.3, 0.4) is 0 Å². The summed E-state index contributed by atoms with van der Waals surface area (Å²) >= 11 is 0. The molecule has 0 amide bonds. The van der Waals surface area contributed by atoms with E-state index in [0.29, 0.717) is 44.7 Å². The monoisotopic (exact) mass is 487 g/mol. The number of rotatable bonds is 4. The number of sulfonamides is 1. The van der Waals surface area contributed by atoms with Crippen molar-refractivity contribution in [3.8, 4) is 0 Å². The highest BCUT2D eigenvalue weighted by atomic mass is 32.2. The molecule has 2 N–H and O–H groups in total. The van der Waals surface area contributed by atoms with Crippen molar-refractivity contribution >= 4 is 15.7 Å². The molecule has 9 nitrogen and oxygen atoms in total. The van der Waals surface area contributed by atoms with E-state index in [0.717, 1.165) is 18.3 Å². The van der Waals surface area contributed by atoms with Crippen molar-refractivity contribution in [1.82, 2.24) is 19.2 Å². The summed E-state index contributed by atoms with van der Waals surface area (Å²) < 4.78 is 65.8. The van der Waals surface area contributed by atoms with Crippen molar-refractivity contribution in [1.29, 1.82) is 0 Å². The molecular formula is C20H24F3N5O4S. The van der Waals surface area contributed by atoms with E-state index in [-0.39, 0.29) is 19.1 Å². The van der Waals surface area contributed by atoms with Crippen LogP contribution in [0.25, 0.3) is 0 Å². The number of nitrogens with zero attached hydrogens (tertiary/aromatic N) is 3. The Morgan fingerprint density at radius 3 is 2.24 bits per heavy atom. The first-order valence-electron chi connectivity index (χ1n) is 10.5. The van der Waals surface area contributed by atoms with Gasteiger partial charge in [-0.05, 0) is 31.0 Å². The van der Waals surface area contributed by atoms with E-state index >= 15 is 0 Å². The molecule has 2 saturated heterocycles. The van der Waals surface area contributed by atoms with Crippen molar-refractivity contribution in [2.45, 2.75) is 30.0 Å². The lowest BCUT2D eigenvalue weighted by atomic mass is 10.0. The molecule has 2 aliphatic rings. The molecule has 0 radical (unpaired) electrons. The fraction of sp³-hybridized carbons (Fsp3) is 0.500. The maximum Gasteiger partial charge on any atom is 0.416 e. The van der Waals surface area contributed by atoms with Gasteiger partial charge in [-0.15, -0.1) is 0 Å². The Bertz CT molecular complexity index is 1210. The Kier molecular flexibility index (Phi) is 6.38. The number of hydrogen-bond acceptors (Lipinski definition) is 6. The first kappa shape index (κ1) is 23.5. The Hall–Kier alpha value is -2.64. The van der Waals surface area contributed by atoms with Gasteiger partial charge in [-0.1, -0.05) is 6.07 Å². The van der Waals surface area contributed by atoms with Gasteiger partial charge in [0.15, 0.2) is 4.90 Å². The summed E-state index contributed by atoms with van der Waals surface area (Å²) in [5.74, 6) is 0. The van der Waals surface area contributed by atoms with Gasteiger partial charge in [0, 0.05) is 57.2 Å². The second kappa shape index (κ2) is 8.95. The van der Waals surface area contributed by atoms with E-state index in [1.54, 1.807) is 6.07 Å². The molecule has 0 atom stereocenters. The van der Waals surface area contributed by atoms with Crippen LogP contribution in [0, 0.1) is 0 Å². The topological polar surface area (TPSA) is 110 Å². The van der Waals surface area contributed by atoms with Gasteiger partial charge in [-0.3, -0.25) is 14.7 Å². The van der Waals surface area contributed by atoms with Crippen LogP contribution >= 0.6 is 0 Å². The molecular weight excluding hydrogens is 463 g/mol. The van der Waals surface area contributed by atoms with Gasteiger partial charge in [0.05, 0.1) is 5.56 Å². The number of hydrogen-bond donors (Lipinski definition) is 2. The lowest BCUT2D eigenvalue weighted by Crippen LogP contribution is -2.54. The number of piperazine rings is 1. The van der Waals surface area contributed by atoms with E-state index in [4.69, 9.17) is 0 Å². The summed E-state index contributed by atoms with van der Waals surface area (Å²) in [6.07, 6.45) is -2.32. The molecule has 2 aromatic rings. The van der Waals surface area contributed by atoms with Gasteiger partial charge in [-0.2, -0.15) is 17.5 Å². The number of halogens is 3. The first-order valence-corrected chi connectivity index (χ1v) is 12.0. The molecule has 0 spiro atoms. The van der Waals surface area contributed by atoms with Crippen LogP contribution < -0.4 is 16.1 Å². The molecule has 0 unspecified atom stereocenters. The SMILES string of the molecule is O=c1[nH]cc(S(=O)(=O)N2CCC(N3CCN(c4cccc(C(F)(F)F)c4)CC3)CC2)c(=O)[nH]1. The summed E-state index contributed by atoms with van der Waals surface area (Å²) in [5.41, 5.74) is -1.86. The molecule has 2 aliphatic heterocycles. The van der Waals surface area contributed by atoms with E-state index in [1.165, 1.54) is 10.4 Å². The first-order chi connectivity index (χ1) is 15.6. The quantitative estimate of drug-likeness (QED) is 0.668. The Morgan fingerprint density at radius 1 is 0.970 bits per heavy atom. The molecule has 3 heterocycles. The Labute approximate surface area is 187 Å². The Balaban J connectivity index is 1.34. The van der Waals surface area contributed by atoms with E-state index in [2.05, 4.69) is 9.88 Å². The minimum Gasteiger partial charge on any atom is -0.369 e. The number of alkyl halides is 3. The molecule has 180 valence electrons. The fourth-order valence-corrected chi connectivity index (χ4v) is 5.86. The second-order valence-corrected chi connectivity index (χ2v) is 10.0. The molecule has 13 heteroatoms. The number of benzene rings is 1. The summed E-state index contributed by atoms with van der Waals surface area (Å²) in [6.45, 7) is 2.94. The van der Waals surface area contributed by atoms with Crippen molar-refractivity contribution < 1.29 is 21.6 Å². The molecule has 1 aromatic heterocycles. The normalized spacial score (nSPS) is 19.7. The van der Waals surface area contributed by atoms with Gasteiger partial charge < -0.3 is 9.88 Å². The van der Waals surface area contributed by atoms with Crippen LogP contribution in [0.4, 0.5) is 18.9 Å². The lowest BCUT2D eigenvalue weighted by molar-refractivity contribution is -0.137. The summed E-state index contributed by atoms with van der Waals surface area (Å²) in [7, 11) is -4.02. The van der Waals surface area contributed by atoms with Crippen molar-refractivity contribution in [3.05, 3.63) is 56.9 Å². The number of H-pyrrole nitrogens is 2. The van der Waals surface area contributed by atoms with Gasteiger partial charge in [0.25, 0.3) is 5.56 Å². The highest BCUT2D eigenvalue weighted by molar-refractivity contribution is 7.89. The number of piperidine rings is 1. The van der Waals surface area contributed by atoms with E-state index in [9.17, 15) is 31.2 Å². The van der Waals surface area contributed by atoms with E-state index < -0.39 is 37.9 Å². The molecule has 4 rings (SSSR count). The predicted octanol–water partition coefficient (Wildman–Crippen LogP) is 1.06. The average Bonchev–Trinajstić information content (AvgIpc) is 2.78. The molecule has 0 aliphatic carbocycles. The fourth-order valence-electron chi connectivity index (χ4n) is 4.40. The summed E-state index contributed by atoms with van der Waals surface area (Å²) in [5, 5.41) is 0. The van der Waals surface area contributed by atoms with Gasteiger partial charge in [-0.25, -0.2) is 13.2 Å². The Morgan fingerprint density at radius 2 is 1.64 bits per heavy atom. The number of aromatic nitrogens is 2. The minimum absolute atomic E-state index is 0.147. The smallest absolute Gasteiger partial charge is 0.369 e. The van der Waals surface area contributed by atoms with Crippen molar-refractivity contribution in [2.75, 3.05) is 44.2 Å². The number of anilines is 1. The van der Waals surface area contributed by atoms with Crippen LogP contribution in [0.15, 0.2) is 44.9 Å². The zero-order valence-electron chi connectivity index (χ0n) is 17.6. The maximum absolute atomic E-state index is 13.0. The molecule has 1 aromatic carbocycles. The van der Waals surface area contributed by atoms with Gasteiger partial charge in [0.1, 0.15) is 0 Å². The van der Waals surface area contributed by atoms with E-state index in [1.807, 2.05) is 9.88 Å². The number of aromatic amines is 2. The molecule has 0 saturated carbocycles. The summed E-state index contributed by atoms with van der Waals surface area (Å²) in [6, 6.07) is 5.45. The van der Waals surface area contributed by atoms with Crippen LogP contribution in [0.5, 0.6) is 0 Å². The van der Waals surface area contributed by atoms with Crippen LogP contribution in [-0.2, 0) is 16.2 Å². The highest BCUT2D eigenvalue weighted by Crippen LogP contribution is 2.32.